The maximum atomic E-state index is 13.0. The fourth-order valence-electron chi connectivity index (χ4n) is 4.21. The molecule has 0 fully saturated rings. The SMILES string of the molecule is Cc1ccc(CC(CNCC(O)C(F)(F)F)(c2cccc(OC(F)(F)F)c2)c2cccc(OC(F)(F)F)c2)cc1. The molecule has 3 rings (SSSR count). The molecule has 0 aliphatic heterocycles. The van der Waals surface area contributed by atoms with Gasteiger partial charge in [-0.25, -0.2) is 0 Å². The smallest absolute Gasteiger partial charge is 0.406 e. The Kier molecular flexibility index (Phi) is 9.30. The minimum atomic E-state index is -5.06. The number of aliphatic hydroxyl groups is 1. The topological polar surface area (TPSA) is 50.7 Å². The number of halogens is 9. The van der Waals surface area contributed by atoms with Crippen molar-refractivity contribution in [3.05, 3.63) is 95.1 Å². The lowest BCUT2D eigenvalue weighted by molar-refractivity contribution is -0.275. The molecule has 0 heterocycles. The van der Waals surface area contributed by atoms with Crippen LogP contribution in [0.15, 0.2) is 72.8 Å². The largest absolute Gasteiger partial charge is 0.573 e. The lowest BCUT2D eigenvalue weighted by Crippen LogP contribution is -2.46. The average Bonchev–Trinajstić information content (AvgIpc) is 2.82. The Morgan fingerprint density at radius 2 is 1.20 bits per heavy atom. The molecule has 4 nitrogen and oxygen atoms in total. The van der Waals surface area contributed by atoms with Crippen LogP contribution in [0.5, 0.6) is 11.5 Å². The first-order valence-electron chi connectivity index (χ1n) is 11.7. The molecule has 0 bridgehead atoms. The third-order valence-corrected chi connectivity index (χ3v) is 6.01. The fraction of sp³-hybridized carbons (Fsp3) is 0.333. The average molecular weight is 581 g/mol. The molecule has 0 radical (unpaired) electrons. The minimum absolute atomic E-state index is 0.0761. The monoisotopic (exact) mass is 581 g/mol. The second kappa shape index (κ2) is 12.0. The van der Waals surface area contributed by atoms with Crippen LogP contribution in [0.4, 0.5) is 39.5 Å². The van der Waals surface area contributed by atoms with E-state index in [0.29, 0.717) is 5.56 Å². The van der Waals surface area contributed by atoms with E-state index in [0.717, 1.165) is 29.8 Å². The molecule has 0 aromatic heterocycles. The molecule has 40 heavy (non-hydrogen) atoms. The number of rotatable bonds is 10. The number of aliphatic hydroxyl groups excluding tert-OH is 1. The molecule has 3 aromatic carbocycles. The molecule has 1 unspecified atom stereocenters. The molecule has 0 saturated carbocycles. The van der Waals surface area contributed by atoms with Crippen molar-refractivity contribution in [3.63, 3.8) is 0 Å². The van der Waals surface area contributed by atoms with Crippen molar-refractivity contribution in [1.82, 2.24) is 5.32 Å². The second-order valence-corrected chi connectivity index (χ2v) is 9.08. The highest BCUT2D eigenvalue weighted by Crippen LogP contribution is 2.40. The summed E-state index contributed by atoms with van der Waals surface area (Å²) < 4.78 is 125. The molecule has 2 N–H and O–H groups in total. The lowest BCUT2D eigenvalue weighted by Gasteiger charge is -2.37. The number of benzene rings is 3. The molecule has 3 aromatic rings. The minimum Gasteiger partial charge on any atom is -0.406 e. The fourth-order valence-corrected chi connectivity index (χ4v) is 4.21. The summed E-state index contributed by atoms with van der Waals surface area (Å²) in [5.41, 5.74) is 0.0622. The predicted molar refractivity (Wildman–Crippen MR) is 127 cm³/mol. The number of hydrogen-bond donors (Lipinski definition) is 2. The Morgan fingerprint density at radius 1 is 0.725 bits per heavy atom. The van der Waals surface area contributed by atoms with E-state index in [4.69, 9.17) is 0 Å². The van der Waals surface area contributed by atoms with Gasteiger partial charge in [-0.2, -0.15) is 13.2 Å². The summed E-state index contributed by atoms with van der Waals surface area (Å²) in [5.74, 6) is -1.28. The summed E-state index contributed by atoms with van der Waals surface area (Å²) in [4.78, 5) is 0. The van der Waals surface area contributed by atoms with Gasteiger partial charge in [-0.15, -0.1) is 26.3 Å². The standard InChI is InChI=1S/C27H24F9NO3/c1-17-8-10-18(11-9-17)14-24(16-37-15-23(38)25(28,29)30,19-4-2-6-21(12-19)39-26(31,32)33)20-5-3-7-22(13-20)40-27(34,35)36/h2-13,23,37-38H,14-16H2,1H3. The van der Waals surface area contributed by atoms with Crippen molar-refractivity contribution < 1.29 is 54.1 Å². The molecule has 0 aliphatic carbocycles. The molecule has 13 heteroatoms. The Hall–Kier alpha value is -3.45. The summed E-state index contributed by atoms with van der Waals surface area (Å²) in [6.45, 7) is 0.378. The van der Waals surface area contributed by atoms with Crippen LogP contribution >= 0.6 is 0 Å². The second-order valence-electron chi connectivity index (χ2n) is 9.08. The Bertz CT molecular complexity index is 1200. The number of hydrogen-bond acceptors (Lipinski definition) is 4. The van der Waals surface area contributed by atoms with Gasteiger partial charge < -0.3 is 19.9 Å². The summed E-state index contributed by atoms with van der Waals surface area (Å²) in [7, 11) is 0. The van der Waals surface area contributed by atoms with E-state index in [1.807, 2.05) is 0 Å². The van der Waals surface area contributed by atoms with Crippen LogP contribution in [0.1, 0.15) is 22.3 Å². The van der Waals surface area contributed by atoms with E-state index in [2.05, 4.69) is 14.8 Å². The highest BCUT2D eigenvalue weighted by Gasteiger charge is 2.41. The van der Waals surface area contributed by atoms with Crippen molar-refractivity contribution in [2.45, 2.75) is 43.8 Å². The summed E-state index contributed by atoms with van der Waals surface area (Å²) in [6.07, 6.45) is -17.9. The van der Waals surface area contributed by atoms with Gasteiger partial charge in [0.15, 0.2) is 6.10 Å². The van der Waals surface area contributed by atoms with Crippen molar-refractivity contribution >= 4 is 0 Å². The maximum Gasteiger partial charge on any atom is 0.573 e. The summed E-state index contributed by atoms with van der Waals surface area (Å²) >= 11 is 0. The molecular weight excluding hydrogens is 557 g/mol. The first-order valence-corrected chi connectivity index (χ1v) is 11.7. The molecule has 0 amide bonds. The summed E-state index contributed by atoms with van der Waals surface area (Å²) in [6, 6.07) is 16.1. The highest BCUT2D eigenvalue weighted by atomic mass is 19.4. The van der Waals surface area contributed by atoms with Crippen LogP contribution in [0, 0.1) is 6.92 Å². The van der Waals surface area contributed by atoms with E-state index in [1.54, 1.807) is 31.2 Å². The van der Waals surface area contributed by atoms with Crippen LogP contribution in [0.25, 0.3) is 0 Å². The van der Waals surface area contributed by atoms with Crippen LogP contribution in [0.3, 0.4) is 0 Å². The highest BCUT2D eigenvalue weighted by molar-refractivity contribution is 5.47. The van der Waals surface area contributed by atoms with Gasteiger partial charge in [-0.3, -0.25) is 0 Å². The van der Waals surface area contributed by atoms with Crippen LogP contribution in [-0.4, -0.2) is 43.2 Å². The normalized spacial score (nSPS) is 13.7. The van der Waals surface area contributed by atoms with E-state index in [-0.39, 0.29) is 17.5 Å². The quantitative estimate of drug-likeness (QED) is 0.258. The van der Waals surface area contributed by atoms with Crippen LogP contribution < -0.4 is 14.8 Å². The lowest BCUT2D eigenvalue weighted by atomic mass is 9.70. The first-order chi connectivity index (χ1) is 18.5. The van der Waals surface area contributed by atoms with Gasteiger partial charge in [0.2, 0.25) is 0 Å². The number of aryl methyl sites for hydroxylation is 1. The van der Waals surface area contributed by atoms with Crippen molar-refractivity contribution in [1.29, 1.82) is 0 Å². The van der Waals surface area contributed by atoms with Gasteiger partial charge in [0.1, 0.15) is 11.5 Å². The van der Waals surface area contributed by atoms with Gasteiger partial charge in [-0.05, 0) is 54.3 Å². The van der Waals surface area contributed by atoms with Crippen LogP contribution in [-0.2, 0) is 11.8 Å². The molecule has 0 spiro atoms. The third kappa shape index (κ3) is 8.78. The third-order valence-electron chi connectivity index (χ3n) is 6.01. The predicted octanol–water partition coefficient (Wildman–Crippen LogP) is 6.83. The van der Waals surface area contributed by atoms with Crippen LogP contribution in [0.2, 0.25) is 0 Å². The van der Waals surface area contributed by atoms with Gasteiger partial charge >= 0.3 is 18.9 Å². The zero-order valence-electron chi connectivity index (χ0n) is 20.8. The summed E-state index contributed by atoms with van der Waals surface area (Å²) in [5, 5.41) is 12.0. The number of nitrogens with one attached hydrogen (secondary N) is 1. The zero-order chi connectivity index (χ0) is 29.8. The van der Waals surface area contributed by atoms with Crippen molar-refractivity contribution in [3.8, 4) is 11.5 Å². The first kappa shape index (κ1) is 31.1. The van der Waals surface area contributed by atoms with Gasteiger partial charge in [-0.1, -0.05) is 54.1 Å². The Balaban J connectivity index is 2.20. The molecule has 1 atom stereocenters. The van der Waals surface area contributed by atoms with Gasteiger partial charge in [0, 0.05) is 18.5 Å². The number of ether oxygens (including phenoxy) is 2. The van der Waals surface area contributed by atoms with E-state index in [9.17, 15) is 44.6 Å². The zero-order valence-corrected chi connectivity index (χ0v) is 20.8. The van der Waals surface area contributed by atoms with E-state index >= 15 is 0 Å². The van der Waals surface area contributed by atoms with Gasteiger partial charge in [0.25, 0.3) is 0 Å². The van der Waals surface area contributed by atoms with E-state index < -0.39 is 55.0 Å². The molecule has 218 valence electrons. The molecule has 0 saturated heterocycles. The van der Waals surface area contributed by atoms with Crippen molar-refractivity contribution in [2.24, 2.45) is 0 Å². The molecular formula is C27H24F9NO3. The Labute approximate surface area is 223 Å². The molecule has 0 aliphatic rings. The Morgan fingerprint density at radius 3 is 1.62 bits per heavy atom. The maximum absolute atomic E-state index is 13.0. The van der Waals surface area contributed by atoms with Crippen molar-refractivity contribution in [2.75, 3.05) is 13.1 Å². The van der Waals surface area contributed by atoms with Gasteiger partial charge in [0.05, 0.1) is 0 Å². The number of alkyl halides is 9. The van der Waals surface area contributed by atoms with E-state index in [1.165, 1.54) is 24.3 Å².